The molecule has 0 aliphatic carbocycles. The van der Waals surface area contributed by atoms with E-state index in [4.69, 9.17) is 37.0 Å². The summed E-state index contributed by atoms with van der Waals surface area (Å²) < 4.78 is 68.5. The van der Waals surface area contributed by atoms with Crippen molar-refractivity contribution in [3.8, 4) is 0 Å². The van der Waals surface area contributed by atoms with Crippen LogP contribution in [-0.4, -0.2) is 96.7 Å². The average molecular weight is 1400 g/mol. The van der Waals surface area contributed by atoms with Gasteiger partial charge in [-0.3, -0.25) is 37.3 Å². The van der Waals surface area contributed by atoms with Crippen LogP contribution in [0.5, 0.6) is 0 Å². The molecule has 0 spiro atoms. The Morgan fingerprint density at radius 2 is 0.484 bits per heavy atom. The van der Waals surface area contributed by atoms with Gasteiger partial charge in [0.25, 0.3) is 0 Å². The van der Waals surface area contributed by atoms with Gasteiger partial charge in [0.15, 0.2) is 12.2 Å². The van der Waals surface area contributed by atoms with Crippen molar-refractivity contribution >= 4 is 39.5 Å². The van der Waals surface area contributed by atoms with Gasteiger partial charge < -0.3 is 33.8 Å². The summed E-state index contributed by atoms with van der Waals surface area (Å²) in [6, 6.07) is 0. The number of carbonyl (C=O) groups excluding carboxylic acids is 4. The molecule has 0 saturated carbocycles. The van der Waals surface area contributed by atoms with Crippen LogP contribution in [0.4, 0.5) is 0 Å². The largest absolute Gasteiger partial charge is 0.472 e. The van der Waals surface area contributed by atoms with Crippen LogP contribution in [-0.2, 0) is 65.4 Å². The molecule has 0 saturated heterocycles. The lowest BCUT2D eigenvalue weighted by atomic mass is 10.0. The van der Waals surface area contributed by atoms with Crippen LogP contribution in [0.15, 0.2) is 0 Å². The van der Waals surface area contributed by atoms with Crippen molar-refractivity contribution < 1.29 is 80.2 Å². The predicted molar refractivity (Wildman–Crippen MR) is 386 cm³/mol. The summed E-state index contributed by atoms with van der Waals surface area (Å²) >= 11 is 0. The lowest BCUT2D eigenvalue weighted by molar-refractivity contribution is -0.161. The number of phosphoric ester groups is 2. The smallest absolute Gasteiger partial charge is 0.462 e. The van der Waals surface area contributed by atoms with E-state index in [1.807, 2.05) is 0 Å². The first-order valence-electron chi connectivity index (χ1n) is 39.6. The molecular weight excluding hydrogens is 1250 g/mol. The Balaban J connectivity index is 5.24. The molecule has 0 radical (unpaired) electrons. The third-order valence-electron chi connectivity index (χ3n) is 17.8. The highest BCUT2D eigenvalue weighted by atomic mass is 31.2. The minimum absolute atomic E-state index is 0.106. The molecule has 0 aromatic rings. The van der Waals surface area contributed by atoms with Crippen molar-refractivity contribution in [2.45, 2.75) is 419 Å². The minimum atomic E-state index is -4.96. The van der Waals surface area contributed by atoms with Gasteiger partial charge in [-0.1, -0.05) is 349 Å². The summed E-state index contributed by atoms with van der Waals surface area (Å²) in [7, 11) is -9.91. The molecule has 0 rings (SSSR count). The van der Waals surface area contributed by atoms with Crippen molar-refractivity contribution in [2.24, 2.45) is 5.92 Å². The van der Waals surface area contributed by atoms with Crippen LogP contribution in [0.1, 0.15) is 401 Å². The molecule has 0 bridgehead atoms. The first-order valence-corrected chi connectivity index (χ1v) is 42.6. The van der Waals surface area contributed by atoms with E-state index in [9.17, 15) is 43.2 Å². The molecule has 0 aliphatic heterocycles. The Bertz CT molecular complexity index is 1820. The van der Waals surface area contributed by atoms with Crippen molar-refractivity contribution in [1.82, 2.24) is 0 Å². The average Bonchev–Trinajstić information content (AvgIpc) is 1.86. The van der Waals surface area contributed by atoms with Crippen LogP contribution in [0.2, 0.25) is 0 Å². The lowest BCUT2D eigenvalue weighted by Gasteiger charge is -2.21. The Kier molecular flexibility index (Phi) is 67.7. The number of esters is 4. The summed E-state index contributed by atoms with van der Waals surface area (Å²) in [5.41, 5.74) is 0. The number of ether oxygens (including phenoxy) is 4. The van der Waals surface area contributed by atoms with Gasteiger partial charge in [0.1, 0.15) is 19.3 Å². The lowest BCUT2D eigenvalue weighted by Crippen LogP contribution is -2.30. The number of carbonyl (C=O) groups is 4. The monoisotopic (exact) mass is 1400 g/mol. The van der Waals surface area contributed by atoms with Crippen molar-refractivity contribution in [3.05, 3.63) is 0 Å². The first-order chi connectivity index (χ1) is 46.0. The number of aliphatic hydroxyl groups is 1. The van der Waals surface area contributed by atoms with Gasteiger partial charge in [-0.05, 0) is 31.6 Å². The zero-order valence-corrected chi connectivity index (χ0v) is 63.6. The molecule has 564 valence electrons. The van der Waals surface area contributed by atoms with Crippen molar-refractivity contribution in [2.75, 3.05) is 39.6 Å². The van der Waals surface area contributed by atoms with Crippen molar-refractivity contribution in [1.29, 1.82) is 0 Å². The minimum Gasteiger partial charge on any atom is -0.462 e. The maximum Gasteiger partial charge on any atom is 0.472 e. The fourth-order valence-electron chi connectivity index (χ4n) is 11.7. The fraction of sp³-hybridized carbons (Fsp3) is 0.947. The van der Waals surface area contributed by atoms with E-state index in [0.29, 0.717) is 25.7 Å². The zero-order chi connectivity index (χ0) is 69.8. The molecule has 0 aliphatic rings. The molecular formula is C76H148O17P2. The summed E-state index contributed by atoms with van der Waals surface area (Å²) in [5.74, 6) is -1.36. The Hall–Kier alpha value is -1.94. The van der Waals surface area contributed by atoms with Crippen LogP contribution < -0.4 is 0 Å². The molecule has 0 aromatic carbocycles. The molecule has 19 heteroatoms. The Labute approximate surface area is 581 Å². The van der Waals surface area contributed by atoms with E-state index in [0.717, 1.165) is 95.8 Å². The number of phosphoric acid groups is 2. The van der Waals surface area contributed by atoms with E-state index >= 15 is 0 Å². The first kappa shape index (κ1) is 93.1. The van der Waals surface area contributed by atoms with Gasteiger partial charge in [-0.25, -0.2) is 9.13 Å². The highest BCUT2D eigenvalue weighted by molar-refractivity contribution is 7.47. The van der Waals surface area contributed by atoms with Crippen LogP contribution in [0.3, 0.4) is 0 Å². The summed E-state index contributed by atoms with van der Waals surface area (Å²) in [6.07, 6.45) is 58.2. The van der Waals surface area contributed by atoms with Crippen LogP contribution in [0, 0.1) is 5.92 Å². The summed E-state index contributed by atoms with van der Waals surface area (Å²) in [5, 5.41) is 10.6. The highest BCUT2D eigenvalue weighted by Crippen LogP contribution is 2.45. The predicted octanol–water partition coefficient (Wildman–Crippen LogP) is 22.5. The Morgan fingerprint density at radius 1 is 0.284 bits per heavy atom. The van der Waals surface area contributed by atoms with Crippen molar-refractivity contribution in [3.63, 3.8) is 0 Å². The third kappa shape index (κ3) is 70.3. The molecule has 3 N–H and O–H groups in total. The molecule has 0 heterocycles. The third-order valence-corrected chi connectivity index (χ3v) is 19.7. The van der Waals surface area contributed by atoms with Gasteiger partial charge >= 0.3 is 39.5 Å². The molecule has 5 atom stereocenters. The molecule has 0 amide bonds. The normalized spacial score (nSPS) is 13.9. The number of aliphatic hydroxyl groups excluding tert-OH is 1. The second kappa shape index (κ2) is 69.2. The second-order valence-electron chi connectivity index (χ2n) is 27.9. The number of hydrogen-bond acceptors (Lipinski definition) is 15. The quantitative estimate of drug-likeness (QED) is 0.0222. The standard InChI is InChI=1S/C76H148O17P2/c1-6-9-12-15-18-21-24-26-28-29-30-31-33-35-41-46-51-56-61-75(80)92-72(66-87-74(79)60-55-50-45-40-34-32-27-25-22-19-16-13-10-7-2)68-91-95(84,85)89-64-70(77)63-88-94(82,83)90-67-71(65-86-73(78)59-54-49-44-39-23-20-17-14-11-8-3)93-76(81)62-57-52-47-42-37-36-38-43-48-53-58-69(4)5/h69-72,77H,6-68H2,1-5H3,(H,82,83)(H,84,85)/t70-,71+,72+/m0/s1. The molecule has 0 fully saturated rings. The zero-order valence-electron chi connectivity index (χ0n) is 61.8. The highest BCUT2D eigenvalue weighted by Gasteiger charge is 2.30. The van der Waals surface area contributed by atoms with E-state index in [2.05, 4.69) is 34.6 Å². The summed E-state index contributed by atoms with van der Waals surface area (Å²) in [6.45, 7) is 7.28. The molecule has 17 nitrogen and oxygen atoms in total. The number of unbranched alkanes of at least 4 members (excludes halogenated alkanes) is 48. The van der Waals surface area contributed by atoms with Crippen LogP contribution in [0.25, 0.3) is 0 Å². The van der Waals surface area contributed by atoms with E-state index in [-0.39, 0.29) is 25.7 Å². The Morgan fingerprint density at radius 3 is 0.716 bits per heavy atom. The number of rotatable bonds is 76. The van der Waals surface area contributed by atoms with Gasteiger partial charge in [0, 0.05) is 25.7 Å². The maximum absolute atomic E-state index is 13.1. The van der Waals surface area contributed by atoms with E-state index in [1.54, 1.807) is 0 Å². The molecule has 2 unspecified atom stereocenters. The van der Waals surface area contributed by atoms with Gasteiger partial charge in [0.05, 0.1) is 26.4 Å². The van der Waals surface area contributed by atoms with E-state index < -0.39 is 97.5 Å². The second-order valence-corrected chi connectivity index (χ2v) is 30.8. The van der Waals surface area contributed by atoms with Gasteiger partial charge in [-0.2, -0.15) is 0 Å². The maximum atomic E-state index is 13.1. The van der Waals surface area contributed by atoms with Gasteiger partial charge in [0.2, 0.25) is 0 Å². The van der Waals surface area contributed by atoms with Gasteiger partial charge in [-0.15, -0.1) is 0 Å². The van der Waals surface area contributed by atoms with Crippen LogP contribution >= 0.6 is 15.6 Å². The molecule has 95 heavy (non-hydrogen) atoms. The number of hydrogen-bond donors (Lipinski definition) is 3. The topological polar surface area (TPSA) is 237 Å². The molecule has 0 aromatic heterocycles. The van der Waals surface area contributed by atoms with E-state index in [1.165, 1.54) is 225 Å². The summed E-state index contributed by atoms with van der Waals surface area (Å²) in [4.78, 5) is 72.8. The fourth-order valence-corrected chi connectivity index (χ4v) is 13.3. The SMILES string of the molecule is CCCCCCCCCCCCCCCCCCCCC(=O)O[C@H](COC(=O)CCCCCCCCCCCCCCCC)COP(=O)(O)OC[C@@H](O)COP(=O)(O)OC[C@@H](COC(=O)CCCCCCCCCCCC)OC(=O)CCCCCCCCCCCCC(C)C.